The van der Waals surface area contributed by atoms with Crippen molar-refractivity contribution in [3.8, 4) is 5.75 Å². The monoisotopic (exact) mass is 264 g/mol. The number of hydrogen-bond donors (Lipinski definition) is 2. The molecule has 0 bridgehead atoms. The SMILES string of the molecule is CCCCC(C)NC(=O)c1ccc(OCC)c(N)c1. The molecule has 19 heavy (non-hydrogen) atoms. The molecule has 1 amide bonds. The molecule has 1 unspecified atom stereocenters. The van der Waals surface area contributed by atoms with Crippen molar-refractivity contribution < 1.29 is 9.53 Å². The van der Waals surface area contributed by atoms with Crippen LogP contribution in [-0.4, -0.2) is 18.6 Å². The molecule has 4 heteroatoms. The lowest BCUT2D eigenvalue weighted by molar-refractivity contribution is 0.0938. The van der Waals surface area contributed by atoms with Crippen LogP contribution in [0.1, 0.15) is 50.4 Å². The van der Waals surface area contributed by atoms with Crippen LogP contribution >= 0.6 is 0 Å². The predicted octanol–water partition coefficient (Wildman–Crippen LogP) is 2.98. The third-order valence-electron chi connectivity index (χ3n) is 2.94. The molecule has 1 atom stereocenters. The Hall–Kier alpha value is -1.71. The highest BCUT2D eigenvalue weighted by atomic mass is 16.5. The maximum Gasteiger partial charge on any atom is 0.251 e. The zero-order chi connectivity index (χ0) is 14.3. The number of ether oxygens (including phenoxy) is 1. The smallest absolute Gasteiger partial charge is 0.251 e. The van der Waals surface area contributed by atoms with Gasteiger partial charge in [-0.05, 0) is 38.5 Å². The Kier molecular flexibility index (Phi) is 6.19. The number of benzene rings is 1. The summed E-state index contributed by atoms with van der Waals surface area (Å²) in [6, 6.07) is 5.32. The number of hydrogen-bond acceptors (Lipinski definition) is 3. The summed E-state index contributed by atoms with van der Waals surface area (Å²) in [7, 11) is 0. The average molecular weight is 264 g/mol. The van der Waals surface area contributed by atoms with Crippen LogP contribution in [0.25, 0.3) is 0 Å². The Morgan fingerprint density at radius 2 is 2.16 bits per heavy atom. The number of nitrogens with one attached hydrogen (secondary N) is 1. The van der Waals surface area contributed by atoms with Crippen LogP contribution in [-0.2, 0) is 0 Å². The van der Waals surface area contributed by atoms with Gasteiger partial charge in [-0.15, -0.1) is 0 Å². The van der Waals surface area contributed by atoms with Crippen LogP contribution in [0.4, 0.5) is 5.69 Å². The third-order valence-corrected chi connectivity index (χ3v) is 2.94. The molecule has 4 nitrogen and oxygen atoms in total. The van der Waals surface area contributed by atoms with E-state index in [4.69, 9.17) is 10.5 Å². The average Bonchev–Trinajstić information content (AvgIpc) is 2.38. The van der Waals surface area contributed by atoms with E-state index >= 15 is 0 Å². The fraction of sp³-hybridized carbons (Fsp3) is 0.533. The zero-order valence-electron chi connectivity index (χ0n) is 12.0. The van der Waals surface area contributed by atoms with Crippen molar-refractivity contribution in [1.82, 2.24) is 5.32 Å². The van der Waals surface area contributed by atoms with E-state index in [0.717, 1.165) is 19.3 Å². The Labute approximate surface area is 115 Å². The van der Waals surface area contributed by atoms with Crippen molar-refractivity contribution in [2.45, 2.75) is 46.1 Å². The topological polar surface area (TPSA) is 64.3 Å². The van der Waals surface area contributed by atoms with Crippen molar-refractivity contribution in [2.75, 3.05) is 12.3 Å². The normalized spacial score (nSPS) is 11.9. The third kappa shape index (κ3) is 4.81. The van der Waals surface area contributed by atoms with Crippen LogP contribution in [0.15, 0.2) is 18.2 Å². The molecular weight excluding hydrogens is 240 g/mol. The minimum atomic E-state index is -0.0849. The fourth-order valence-electron chi connectivity index (χ4n) is 1.87. The van der Waals surface area contributed by atoms with Gasteiger partial charge in [0, 0.05) is 11.6 Å². The highest BCUT2D eigenvalue weighted by Gasteiger charge is 2.11. The van der Waals surface area contributed by atoms with Crippen molar-refractivity contribution in [2.24, 2.45) is 0 Å². The van der Waals surface area contributed by atoms with Crippen LogP contribution < -0.4 is 15.8 Å². The van der Waals surface area contributed by atoms with E-state index in [1.807, 2.05) is 13.8 Å². The van der Waals surface area contributed by atoms with Gasteiger partial charge in [0.2, 0.25) is 0 Å². The summed E-state index contributed by atoms with van der Waals surface area (Å²) < 4.78 is 5.35. The molecular formula is C15H24N2O2. The van der Waals surface area contributed by atoms with E-state index in [9.17, 15) is 4.79 Å². The first-order chi connectivity index (χ1) is 9.08. The van der Waals surface area contributed by atoms with Gasteiger partial charge in [-0.2, -0.15) is 0 Å². The Bertz CT molecular complexity index is 419. The van der Waals surface area contributed by atoms with E-state index < -0.39 is 0 Å². The van der Waals surface area contributed by atoms with E-state index in [1.54, 1.807) is 18.2 Å². The summed E-state index contributed by atoms with van der Waals surface area (Å²) in [4.78, 5) is 12.0. The van der Waals surface area contributed by atoms with Gasteiger partial charge in [0.05, 0.1) is 12.3 Å². The molecule has 0 spiro atoms. The molecule has 106 valence electrons. The quantitative estimate of drug-likeness (QED) is 0.744. The predicted molar refractivity (Wildman–Crippen MR) is 78.5 cm³/mol. The summed E-state index contributed by atoms with van der Waals surface area (Å²) in [5.41, 5.74) is 6.92. The molecule has 0 aromatic heterocycles. The summed E-state index contributed by atoms with van der Waals surface area (Å²) in [6.07, 6.45) is 3.25. The first kappa shape index (κ1) is 15.3. The van der Waals surface area contributed by atoms with Crippen molar-refractivity contribution in [3.63, 3.8) is 0 Å². The Morgan fingerprint density at radius 1 is 1.42 bits per heavy atom. The standard InChI is InChI=1S/C15H24N2O2/c1-4-6-7-11(3)17-15(18)12-8-9-14(19-5-2)13(16)10-12/h8-11H,4-7,16H2,1-3H3,(H,17,18). The maximum absolute atomic E-state index is 12.0. The molecule has 0 aliphatic heterocycles. The summed E-state index contributed by atoms with van der Waals surface area (Å²) in [6.45, 7) is 6.62. The fourth-order valence-corrected chi connectivity index (χ4v) is 1.87. The maximum atomic E-state index is 12.0. The number of amides is 1. The lowest BCUT2D eigenvalue weighted by Crippen LogP contribution is -2.32. The summed E-state index contributed by atoms with van der Waals surface area (Å²) >= 11 is 0. The lowest BCUT2D eigenvalue weighted by atomic mass is 10.1. The van der Waals surface area contributed by atoms with Gasteiger partial charge < -0.3 is 15.8 Å². The summed E-state index contributed by atoms with van der Waals surface area (Å²) in [5, 5.41) is 2.97. The number of carbonyl (C=O) groups is 1. The highest BCUT2D eigenvalue weighted by molar-refractivity contribution is 5.95. The molecule has 3 N–H and O–H groups in total. The molecule has 1 aromatic carbocycles. The minimum Gasteiger partial charge on any atom is -0.492 e. The summed E-state index contributed by atoms with van der Waals surface area (Å²) in [5.74, 6) is 0.538. The molecule has 1 rings (SSSR count). The lowest BCUT2D eigenvalue weighted by Gasteiger charge is -2.14. The number of carbonyl (C=O) groups excluding carboxylic acids is 1. The van der Waals surface area contributed by atoms with Crippen molar-refractivity contribution in [1.29, 1.82) is 0 Å². The van der Waals surface area contributed by atoms with Gasteiger partial charge in [0.15, 0.2) is 0 Å². The largest absolute Gasteiger partial charge is 0.492 e. The van der Waals surface area contributed by atoms with Crippen LogP contribution in [0.5, 0.6) is 5.75 Å². The van der Waals surface area contributed by atoms with E-state index in [1.165, 1.54) is 0 Å². The van der Waals surface area contributed by atoms with Crippen molar-refractivity contribution >= 4 is 11.6 Å². The number of rotatable bonds is 7. The first-order valence-electron chi connectivity index (χ1n) is 6.91. The Balaban J connectivity index is 2.64. The molecule has 0 aliphatic carbocycles. The second kappa shape index (κ2) is 7.67. The molecule has 0 heterocycles. The Morgan fingerprint density at radius 3 is 2.74 bits per heavy atom. The van der Waals surface area contributed by atoms with Gasteiger partial charge in [0.1, 0.15) is 5.75 Å². The van der Waals surface area contributed by atoms with Crippen LogP contribution in [0.3, 0.4) is 0 Å². The highest BCUT2D eigenvalue weighted by Crippen LogP contribution is 2.22. The van der Waals surface area contributed by atoms with Crippen LogP contribution in [0.2, 0.25) is 0 Å². The molecule has 0 radical (unpaired) electrons. The van der Waals surface area contributed by atoms with Crippen LogP contribution in [0, 0.1) is 0 Å². The van der Waals surface area contributed by atoms with E-state index in [2.05, 4.69) is 12.2 Å². The van der Waals surface area contributed by atoms with Gasteiger partial charge >= 0.3 is 0 Å². The van der Waals surface area contributed by atoms with Gasteiger partial charge in [0.25, 0.3) is 5.91 Å². The molecule has 0 saturated heterocycles. The molecule has 0 fully saturated rings. The van der Waals surface area contributed by atoms with Gasteiger partial charge in [-0.3, -0.25) is 4.79 Å². The number of nitrogen functional groups attached to an aromatic ring is 1. The van der Waals surface area contributed by atoms with E-state index in [0.29, 0.717) is 23.6 Å². The molecule has 0 aliphatic rings. The number of unbranched alkanes of at least 4 members (excludes halogenated alkanes) is 1. The minimum absolute atomic E-state index is 0.0849. The number of nitrogens with two attached hydrogens (primary N) is 1. The van der Waals surface area contributed by atoms with E-state index in [-0.39, 0.29) is 11.9 Å². The zero-order valence-corrected chi connectivity index (χ0v) is 12.0. The van der Waals surface area contributed by atoms with Gasteiger partial charge in [-0.25, -0.2) is 0 Å². The second-order valence-corrected chi connectivity index (χ2v) is 4.70. The van der Waals surface area contributed by atoms with Gasteiger partial charge in [-0.1, -0.05) is 19.8 Å². The number of anilines is 1. The molecule has 1 aromatic rings. The first-order valence-corrected chi connectivity index (χ1v) is 6.91. The second-order valence-electron chi connectivity index (χ2n) is 4.70. The van der Waals surface area contributed by atoms with Crippen molar-refractivity contribution in [3.05, 3.63) is 23.8 Å². The molecule has 0 saturated carbocycles.